The predicted octanol–water partition coefficient (Wildman–Crippen LogP) is 4.53. The van der Waals surface area contributed by atoms with Crippen LogP contribution in [0.2, 0.25) is 5.02 Å². The number of alkyl halides is 3. The Labute approximate surface area is 217 Å². The number of hydrogen-bond acceptors (Lipinski definition) is 4. The number of hydrogen-bond donors (Lipinski definition) is 5. The van der Waals surface area contributed by atoms with Crippen LogP contribution < -0.4 is 27.0 Å². The first-order valence-corrected chi connectivity index (χ1v) is 12.2. The van der Waals surface area contributed by atoms with Crippen LogP contribution in [0.25, 0.3) is 0 Å². The SMILES string of the molecule is CN=C(Nc1cc(C(=O)NCC2CC2)ccc1N)Nc1cc(CNC(=O)C2(C(F)(F)F)CC2)ccc1Cl. The number of carbonyl (C=O) groups excluding carboxylic acids is 2. The van der Waals surface area contributed by atoms with Gasteiger partial charge in [0.05, 0.1) is 22.1 Å². The van der Waals surface area contributed by atoms with Gasteiger partial charge in [0.25, 0.3) is 5.91 Å². The highest BCUT2D eigenvalue weighted by Crippen LogP contribution is 2.57. The maximum atomic E-state index is 13.2. The standard InChI is InChI=1S/C25H28ClF3N6O2/c1-31-23(35-20-11-16(5-7-18(20)30)21(36)32-12-14-2-3-14)34-19-10-15(4-6-17(19)26)13-33-22(37)24(8-9-24)25(27,28)29/h4-7,10-11,14H,2-3,8-9,12-13,30H2,1H3,(H,32,36)(H,33,37)(H2,31,34,35). The summed E-state index contributed by atoms with van der Waals surface area (Å²) < 4.78 is 39.5. The fraction of sp³-hybridized carbons (Fsp3) is 0.400. The summed E-state index contributed by atoms with van der Waals surface area (Å²) in [6.45, 7) is 0.543. The zero-order valence-corrected chi connectivity index (χ0v) is 20.9. The van der Waals surface area contributed by atoms with Gasteiger partial charge in [-0.05, 0) is 67.5 Å². The molecule has 0 aliphatic heterocycles. The summed E-state index contributed by atoms with van der Waals surface area (Å²) in [6, 6.07) is 9.65. The molecule has 4 rings (SSSR count). The highest BCUT2D eigenvalue weighted by molar-refractivity contribution is 6.34. The van der Waals surface area contributed by atoms with Gasteiger partial charge in [0.1, 0.15) is 5.41 Å². The molecule has 0 unspecified atom stereocenters. The smallest absolute Gasteiger partial charge is 0.397 e. The molecule has 37 heavy (non-hydrogen) atoms. The molecule has 2 aromatic rings. The largest absolute Gasteiger partial charge is 0.403 e. The van der Waals surface area contributed by atoms with E-state index in [2.05, 4.69) is 26.3 Å². The van der Waals surface area contributed by atoms with Crippen molar-refractivity contribution in [3.8, 4) is 0 Å². The number of nitrogens with one attached hydrogen (secondary N) is 4. The molecule has 0 saturated heterocycles. The van der Waals surface area contributed by atoms with Gasteiger partial charge in [-0.3, -0.25) is 14.6 Å². The average molecular weight is 537 g/mol. The third-order valence-electron chi connectivity index (χ3n) is 6.50. The maximum absolute atomic E-state index is 13.2. The molecule has 8 nitrogen and oxygen atoms in total. The lowest BCUT2D eigenvalue weighted by atomic mass is 10.1. The lowest BCUT2D eigenvalue weighted by molar-refractivity contribution is -0.192. The number of nitrogens with zero attached hydrogens (tertiary/aromatic N) is 1. The first-order chi connectivity index (χ1) is 17.5. The second-order valence-electron chi connectivity index (χ2n) is 9.35. The topological polar surface area (TPSA) is 121 Å². The van der Waals surface area contributed by atoms with Gasteiger partial charge >= 0.3 is 6.18 Å². The van der Waals surface area contributed by atoms with Crippen LogP contribution in [-0.4, -0.2) is 37.5 Å². The van der Waals surface area contributed by atoms with E-state index in [1.807, 2.05) is 0 Å². The Balaban J connectivity index is 1.41. The van der Waals surface area contributed by atoms with E-state index < -0.39 is 17.5 Å². The van der Waals surface area contributed by atoms with Crippen LogP contribution in [0, 0.1) is 11.3 Å². The molecule has 2 amide bonds. The van der Waals surface area contributed by atoms with Crippen LogP contribution in [0.15, 0.2) is 41.4 Å². The first-order valence-electron chi connectivity index (χ1n) is 11.8. The third-order valence-corrected chi connectivity index (χ3v) is 6.83. The molecule has 2 aliphatic rings. The quantitative estimate of drug-likeness (QED) is 0.193. The third kappa shape index (κ3) is 6.27. The van der Waals surface area contributed by atoms with Gasteiger partial charge in [-0.1, -0.05) is 17.7 Å². The minimum Gasteiger partial charge on any atom is -0.397 e. The molecule has 198 valence electrons. The van der Waals surface area contributed by atoms with Crippen molar-refractivity contribution in [2.45, 2.75) is 38.4 Å². The van der Waals surface area contributed by atoms with Crippen molar-refractivity contribution in [2.24, 2.45) is 16.3 Å². The number of nitrogen functional groups attached to an aromatic ring is 1. The number of rotatable bonds is 8. The van der Waals surface area contributed by atoms with Gasteiger partial charge < -0.3 is 27.0 Å². The molecule has 0 bridgehead atoms. The molecule has 6 N–H and O–H groups in total. The fourth-order valence-corrected chi connectivity index (χ4v) is 3.92. The highest BCUT2D eigenvalue weighted by atomic mass is 35.5. The van der Waals surface area contributed by atoms with E-state index in [9.17, 15) is 22.8 Å². The zero-order valence-electron chi connectivity index (χ0n) is 20.1. The minimum absolute atomic E-state index is 0.0977. The van der Waals surface area contributed by atoms with Gasteiger partial charge in [-0.2, -0.15) is 13.2 Å². The summed E-state index contributed by atoms with van der Waals surface area (Å²) >= 11 is 6.31. The first kappa shape index (κ1) is 26.6. The molecule has 2 aliphatic carbocycles. The van der Waals surface area contributed by atoms with Crippen molar-refractivity contribution >= 4 is 46.4 Å². The molecule has 0 radical (unpaired) electrons. The van der Waals surface area contributed by atoms with Gasteiger partial charge in [0, 0.05) is 25.7 Å². The number of halogens is 4. The molecule has 2 fully saturated rings. The predicted molar refractivity (Wildman–Crippen MR) is 138 cm³/mol. The second-order valence-corrected chi connectivity index (χ2v) is 9.76. The maximum Gasteiger partial charge on any atom is 0.403 e. The Morgan fingerprint density at radius 2 is 1.78 bits per heavy atom. The van der Waals surface area contributed by atoms with Gasteiger partial charge in [0.2, 0.25) is 5.91 Å². The summed E-state index contributed by atoms with van der Waals surface area (Å²) in [5.74, 6) is -0.418. The second kappa shape index (κ2) is 10.5. The van der Waals surface area contributed by atoms with Crippen LogP contribution in [0.3, 0.4) is 0 Å². The molecule has 0 aromatic heterocycles. The van der Waals surface area contributed by atoms with E-state index in [1.54, 1.807) is 36.4 Å². The molecule has 0 spiro atoms. The number of aliphatic imine (C=N–C) groups is 1. The van der Waals surface area contributed by atoms with E-state index in [-0.39, 0.29) is 31.3 Å². The number of amides is 2. The van der Waals surface area contributed by atoms with Crippen LogP contribution in [-0.2, 0) is 11.3 Å². The van der Waals surface area contributed by atoms with Crippen molar-refractivity contribution in [2.75, 3.05) is 30.0 Å². The summed E-state index contributed by atoms with van der Waals surface area (Å²) in [6.07, 6.45) is -2.73. The fourth-order valence-electron chi connectivity index (χ4n) is 3.76. The van der Waals surface area contributed by atoms with E-state index in [4.69, 9.17) is 17.3 Å². The zero-order chi connectivity index (χ0) is 26.8. The summed E-state index contributed by atoms with van der Waals surface area (Å²) in [7, 11) is 1.53. The van der Waals surface area contributed by atoms with Crippen molar-refractivity contribution in [3.05, 3.63) is 52.5 Å². The van der Waals surface area contributed by atoms with Crippen molar-refractivity contribution in [1.29, 1.82) is 0 Å². The number of carbonyl (C=O) groups is 2. The Hall–Kier alpha value is -3.47. The Bertz CT molecular complexity index is 1230. The number of anilines is 3. The summed E-state index contributed by atoms with van der Waals surface area (Å²) in [5.41, 5.74) is 6.05. The van der Waals surface area contributed by atoms with Gasteiger partial charge in [0.15, 0.2) is 5.96 Å². The Morgan fingerprint density at radius 3 is 2.41 bits per heavy atom. The molecule has 12 heteroatoms. The molecule has 0 heterocycles. The molecule has 2 aromatic carbocycles. The number of benzene rings is 2. The van der Waals surface area contributed by atoms with E-state index in [0.29, 0.717) is 45.7 Å². The Kier molecular flexibility index (Phi) is 7.54. The molecule has 2 saturated carbocycles. The van der Waals surface area contributed by atoms with Crippen LogP contribution in [0.1, 0.15) is 41.6 Å². The van der Waals surface area contributed by atoms with Crippen molar-refractivity contribution < 1.29 is 22.8 Å². The normalized spacial score (nSPS) is 16.6. The number of guanidine groups is 1. The van der Waals surface area contributed by atoms with Crippen LogP contribution in [0.4, 0.5) is 30.2 Å². The van der Waals surface area contributed by atoms with E-state index in [1.165, 1.54) is 7.05 Å². The number of nitrogens with two attached hydrogens (primary N) is 1. The van der Waals surface area contributed by atoms with Crippen LogP contribution in [0.5, 0.6) is 0 Å². The minimum atomic E-state index is -4.57. The highest BCUT2D eigenvalue weighted by Gasteiger charge is 2.68. The molecular weight excluding hydrogens is 509 g/mol. The monoisotopic (exact) mass is 536 g/mol. The van der Waals surface area contributed by atoms with Crippen molar-refractivity contribution in [1.82, 2.24) is 10.6 Å². The average Bonchev–Trinajstić information content (AvgIpc) is 3.77. The van der Waals surface area contributed by atoms with E-state index >= 15 is 0 Å². The molecular formula is C25H28ClF3N6O2. The molecule has 0 atom stereocenters. The summed E-state index contributed by atoms with van der Waals surface area (Å²) in [5, 5.41) is 11.7. The summed E-state index contributed by atoms with van der Waals surface area (Å²) in [4.78, 5) is 28.8. The Morgan fingerprint density at radius 1 is 1.08 bits per heavy atom. The van der Waals surface area contributed by atoms with Crippen molar-refractivity contribution in [3.63, 3.8) is 0 Å². The lowest BCUT2D eigenvalue weighted by Crippen LogP contribution is -2.40. The van der Waals surface area contributed by atoms with Crippen LogP contribution >= 0.6 is 11.6 Å². The van der Waals surface area contributed by atoms with E-state index in [0.717, 1.165) is 12.8 Å². The van der Waals surface area contributed by atoms with Gasteiger partial charge in [-0.15, -0.1) is 0 Å². The lowest BCUT2D eigenvalue weighted by Gasteiger charge is -2.19. The van der Waals surface area contributed by atoms with Gasteiger partial charge in [-0.25, -0.2) is 0 Å².